The van der Waals surface area contributed by atoms with Gasteiger partial charge in [-0.25, -0.2) is 4.68 Å². The van der Waals surface area contributed by atoms with Crippen molar-refractivity contribution in [1.29, 1.82) is 0 Å². The Labute approximate surface area is 135 Å². The van der Waals surface area contributed by atoms with Gasteiger partial charge in [0.15, 0.2) is 0 Å². The van der Waals surface area contributed by atoms with E-state index in [0.29, 0.717) is 18.7 Å². The Morgan fingerprint density at radius 2 is 1.96 bits per heavy atom. The Hall–Kier alpha value is -2.63. The molecule has 1 N–H and O–H groups in total. The lowest BCUT2D eigenvalue weighted by Gasteiger charge is -2.41. The van der Waals surface area contributed by atoms with Crippen molar-refractivity contribution in [3.8, 4) is 5.69 Å². The minimum absolute atomic E-state index is 0.124. The highest BCUT2D eigenvalue weighted by Gasteiger charge is 2.40. The van der Waals surface area contributed by atoms with Crippen molar-refractivity contribution >= 4 is 11.8 Å². The second kappa shape index (κ2) is 5.53. The summed E-state index contributed by atoms with van der Waals surface area (Å²) in [6.45, 7) is 6.50. The number of hydrogen-bond acceptors (Lipinski definition) is 3. The van der Waals surface area contributed by atoms with Crippen LogP contribution in [0.4, 0.5) is 0 Å². The Morgan fingerprint density at radius 1 is 1.26 bits per heavy atom. The van der Waals surface area contributed by atoms with Crippen LogP contribution in [0.1, 0.15) is 29.8 Å². The number of benzene rings is 1. The zero-order valence-electron chi connectivity index (χ0n) is 13.5. The van der Waals surface area contributed by atoms with E-state index in [4.69, 9.17) is 0 Å². The van der Waals surface area contributed by atoms with E-state index >= 15 is 0 Å². The molecule has 120 valence electrons. The van der Waals surface area contributed by atoms with Crippen LogP contribution in [-0.4, -0.2) is 45.1 Å². The van der Waals surface area contributed by atoms with Crippen LogP contribution in [-0.2, 0) is 4.79 Å². The van der Waals surface area contributed by atoms with Gasteiger partial charge in [-0.2, -0.15) is 5.10 Å². The summed E-state index contributed by atoms with van der Waals surface area (Å²) in [7, 11) is 0. The van der Waals surface area contributed by atoms with Crippen molar-refractivity contribution in [3.63, 3.8) is 0 Å². The molecule has 23 heavy (non-hydrogen) atoms. The first kappa shape index (κ1) is 15.3. The third-order valence-corrected chi connectivity index (χ3v) is 4.19. The summed E-state index contributed by atoms with van der Waals surface area (Å²) in [5.74, 6) is -0.256. The van der Waals surface area contributed by atoms with Crippen molar-refractivity contribution in [2.24, 2.45) is 0 Å². The van der Waals surface area contributed by atoms with Gasteiger partial charge in [-0.05, 0) is 50.6 Å². The number of carbonyl (C=O) groups excluding carboxylic acids is 2. The molecule has 2 heterocycles. The normalized spacial score (nSPS) is 17.0. The van der Waals surface area contributed by atoms with Gasteiger partial charge in [0, 0.05) is 24.8 Å². The molecule has 0 atom stereocenters. The number of carbonyl (C=O) groups is 2. The lowest BCUT2D eigenvalue weighted by Crippen LogP contribution is -2.63. The Morgan fingerprint density at radius 3 is 2.57 bits per heavy atom. The summed E-state index contributed by atoms with van der Waals surface area (Å²) in [4.78, 5) is 26.3. The lowest BCUT2D eigenvalue weighted by atomic mass is 9.97. The maximum absolute atomic E-state index is 12.7. The Kier molecular flexibility index (Phi) is 3.67. The second-order valence-electron chi connectivity index (χ2n) is 6.28. The van der Waals surface area contributed by atoms with Gasteiger partial charge in [0.1, 0.15) is 5.54 Å². The molecule has 0 saturated carbocycles. The van der Waals surface area contributed by atoms with Gasteiger partial charge in [0.25, 0.3) is 5.91 Å². The number of piperazine rings is 1. The number of nitrogens with one attached hydrogen (secondary N) is 1. The first-order valence-electron chi connectivity index (χ1n) is 7.61. The summed E-state index contributed by atoms with van der Waals surface area (Å²) >= 11 is 0. The lowest BCUT2D eigenvalue weighted by molar-refractivity contribution is -0.133. The molecule has 2 amide bonds. The van der Waals surface area contributed by atoms with Gasteiger partial charge in [0.2, 0.25) is 5.91 Å². The molecule has 1 aromatic heterocycles. The number of aryl methyl sites for hydroxylation is 1. The molecular formula is C17H20N4O2. The maximum atomic E-state index is 12.7. The third kappa shape index (κ3) is 2.72. The van der Waals surface area contributed by atoms with Crippen LogP contribution in [0.3, 0.4) is 0 Å². The maximum Gasteiger partial charge on any atom is 0.254 e. The summed E-state index contributed by atoms with van der Waals surface area (Å²) in [6, 6.07) is 7.27. The number of aromatic nitrogens is 2. The standard InChI is InChI=1S/C17H20N4O2/c1-12-10-19-21(11-12)14-6-4-13(5-7-14)15(22)20-9-8-18-16(23)17(20,2)3/h4-7,10-11H,8-9H2,1-3H3,(H,18,23). The Balaban J connectivity index is 1.84. The van der Waals surface area contributed by atoms with Gasteiger partial charge in [-0.1, -0.05) is 0 Å². The molecule has 0 spiro atoms. The quantitative estimate of drug-likeness (QED) is 0.914. The van der Waals surface area contributed by atoms with Crippen LogP contribution in [0.5, 0.6) is 0 Å². The molecule has 1 saturated heterocycles. The zero-order valence-corrected chi connectivity index (χ0v) is 13.5. The molecule has 1 aromatic carbocycles. The summed E-state index contributed by atoms with van der Waals surface area (Å²) in [5.41, 5.74) is 1.70. The minimum Gasteiger partial charge on any atom is -0.352 e. The van der Waals surface area contributed by atoms with Crippen molar-refractivity contribution in [1.82, 2.24) is 20.0 Å². The van der Waals surface area contributed by atoms with E-state index in [-0.39, 0.29) is 11.8 Å². The fourth-order valence-electron chi connectivity index (χ4n) is 2.72. The molecule has 6 heteroatoms. The number of rotatable bonds is 2. The number of amides is 2. The third-order valence-electron chi connectivity index (χ3n) is 4.19. The molecular weight excluding hydrogens is 292 g/mol. The van der Waals surface area contributed by atoms with Crippen molar-refractivity contribution in [3.05, 3.63) is 47.8 Å². The summed E-state index contributed by atoms with van der Waals surface area (Å²) in [6.07, 6.45) is 3.71. The minimum atomic E-state index is -0.840. The second-order valence-corrected chi connectivity index (χ2v) is 6.28. The largest absolute Gasteiger partial charge is 0.352 e. The topological polar surface area (TPSA) is 67.2 Å². The van der Waals surface area contributed by atoms with Crippen molar-refractivity contribution in [2.45, 2.75) is 26.3 Å². The smallest absolute Gasteiger partial charge is 0.254 e. The zero-order chi connectivity index (χ0) is 16.6. The van der Waals surface area contributed by atoms with Crippen LogP contribution < -0.4 is 5.32 Å². The molecule has 1 fully saturated rings. The van der Waals surface area contributed by atoms with Gasteiger partial charge in [0.05, 0.1) is 11.9 Å². The van der Waals surface area contributed by atoms with Crippen LogP contribution in [0.2, 0.25) is 0 Å². The molecule has 0 aliphatic carbocycles. The van der Waals surface area contributed by atoms with Gasteiger partial charge < -0.3 is 10.2 Å². The first-order chi connectivity index (χ1) is 10.9. The van der Waals surface area contributed by atoms with Gasteiger partial charge in [-0.15, -0.1) is 0 Å². The molecule has 3 rings (SSSR count). The van der Waals surface area contributed by atoms with E-state index in [0.717, 1.165) is 11.3 Å². The van der Waals surface area contributed by atoms with Crippen LogP contribution >= 0.6 is 0 Å². The predicted octanol–water partition coefficient (Wildman–Crippen LogP) is 1.53. The highest BCUT2D eigenvalue weighted by molar-refractivity contribution is 5.99. The van der Waals surface area contributed by atoms with Gasteiger partial charge in [-0.3, -0.25) is 9.59 Å². The van der Waals surface area contributed by atoms with E-state index in [9.17, 15) is 9.59 Å². The fraction of sp³-hybridized carbons (Fsp3) is 0.353. The average Bonchev–Trinajstić information content (AvgIpc) is 2.96. The first-order valence-corrected chi connectivity index (χ1v) is 7.61. The monoisotopic (exact) mass is 312 g/mol. The molecule has 1 aliphatic heterocycles. The van der Waals surface area contributed by atoms with Crippen LogP contribution in [0.25, 0.3) is 5.69 Å². The van der Waals surface area contributed by atoms with E-state index in [2.05, 4.69) is 10.4 Å². The molecule has 0 radical (unpaired) electrons. The highest BCUT2D eigenvalue weighted by Crippen LogP contribution is 2.21. The van der Waals surface area contributed by atoms with E-state index in [1.54, 1.807) is 41.8 Å². The van der Waals surface area contributed by atoms with E-state index in [1.807, 2.05) is 25.3 Å². The summed E-state index contributed by atoms with van der Waals surface area (Å²) < 4.78 is 1.77. The van der Waals surface area contributed by atoms with E-state index in [1.165, 1.54) is 0 Å². The SMILES string of the molecule is Cc1cnn(-c2ccc(C(=O)N3CCNC(=O)C3(C)C)cc2)c1. The predicted molar refractivity (Wildman–Crippen MR) is 86.4 cm³/mol. The number of nitrogens with zero attached hydrogens (tertiary/aromatic N) is 3. The fourth-order valence-corrected chi connectivity index (χ4v) is 2.72. The Bertz CT molecular complexity index is 746. The van der Waals surface area contributed by atoms with E-state index < -0.39 is 5.54 Å². The van der Waals surface area contributed by atoms with Crippen LogP contribution in [0.15, 0.2) is 36.7 Å². The van der Waals surface area contributed by atoms with Crippen molar-refractivity contribution in [2.75, 3.05) is 13.1 Å². The average molecular weight is 312 g/mol. The molecule has 2 aromatic rings. The number of hydrogen-bond donors (Lipinski definition) is 1. The molecule has 1 aliphatic rings. The van der Waals surface area contributed by atoms with Crippen molar-refractivity contribution < 1.29 is 9.59 Å². The highest BCUT2D eigenvalue weighted by atomic mass is 16.2. The summed E-state index contributed by atoms with van der Waals surface area (Å²) in [5, 5.41) is 7.05. The molecule has 0 bridgehead atoms. The van der Waals surface area contributed by atoms with Crippen LogP contribution in [0, 0.1) is 6.92 Å². The molecule has 6 nitrogen and oxygen atoms in total. The molecule has 0 unspecified atom stereocenters. The van der Waals surface area contributed by atoms with Gasteiger partial charge >= 0.3 is 0 Å².